The number of benzene rings is 1. The lowest BCUT2D eigenvalue weighted by molar-refractivity contribution is 0.237. The largest absolute Gasteiger partial charge is 0.334 e. The lowest BCUT2D eigenvalue weighted by atomic mass is 10.1. The van der Waals surface area contributed by atoms with E-state index in [0.29, 0.717) is 5.82 Å². The lowest BCUT2D eigenvalue weighted by Crippen LogP contribution is -2.37. The molecular weight excluding hydrogens is 340 g/mol. The molecule has 2 N–H and O–H groups in total. The normalized spacial score (nSPS) is 11.8. The Bertz CT molecular complexity index is 898. The summed E-state index contributed by atoms with van der Waals surface area (Å²) in [5, 5.41) is 9.37. The summed E-state index contributed by atoms with van der Waals surface area (Å²) in [5.74, 6) is -0.500. The standard InChI is InChI=1S/C18H17F2N5O/c1-12(15-10-14(19)3-4-16(15)20)24-18(26)22-11-13-5-7-21-17(9-13)25-8-2-6-23-25/h2-10,12H,11H2,1H3,(H2,22,24,26). The number of carbonyl (C=O) groups is 1. The maximum atomic E-state index is 13.7. The van der Waals surface area contributed by atoms with Crippen molar-refractivity contribution in [2.24, 2.45) is 0 Å². The van der Waals surface area contributed by atoms with Crippen molar-refractivity contribution in [2.45, 2.75) is 19.5 Å². The van der Waals surface area contributed by atoms with Gasteiger partial charge in [0.15, 0.2) is 5.82 Å². The third kappa shape index (κ3) is 4.21. The van der Waals surface area contributed by atoms with Gasteiger partial charge >= 0.3 is 6.03 Å². The number of hydrogen-bond acceptors (Lipinski definition) is 3. The van der Waals surface area contributed by atoms with Gasteiger partial charge < -0.3 is 10.6 Å². The maximum Gasteiger partial charge on any atom is 0.315 e. The second kappa shape index (κ2) is 7.73. The van der Waals surface area contributed by atoms with Crippen LogP contribution in [0, 0.1) is 11.6 Å². The molecule has 1 unspecified atom stereocenters. The second-order valence-corrected chi connectivity index (χ2v) is 5.69. The van der Waals surface area contributed by atoms with Crippen LogP contribution in [0.4, 0.5) is 13.6 Å². The van der Waals surface area contributed by atoms with Crippen LogP contribution < -0.4 is 10.6 Å². The highest BCUT2D eigenvalue weighted by molar-refractivity contribution is 5.74. The Balaban J connectivity index is 1.59. The number of amides is 2. The van der Waals surface area contributed by atoms with Crippen LogP contribution in [0.1, 0.15) is 24.1 Å². The van der Waals surface area contributed by atoms with Crippen molar-refractivity contribution >= 4 is 6.03 Å². The Hall–Kier alpha value is -3.29. The predicted molar refractivity (Wildman–Crippen MR) is 91.5 cm³/mol. The van der Waals surface area contributed by atoms with E-state index in [0.717, 1.165) is 23.8 Å². The Kier molecular flexibility index (Phi) is 5.21. The first-order valence-electron chi connectivity index (χ1n) is 7.97. The number of carbonyl (C=O) groups excluding carboxylic acids is 1. The van der Waals surface area contributed by atoms with E-state index in [2.05, 4.69) is 20.7 Å². The molecule has 2 aromatic heterocycles. The SMILES string of the molecule is CC(NC(=O)NCc1ccnc(-n2cccn2)c1)c1cc(F)ccc1F. The van der Waals surface area contributed by atoms with Gasteiger partial charge in [-0.1, -0.05) is 0 Å². The molecule has 2 amide bonds. The third-order valence-corrected chi connectivity index (χ3v) is 3.77. The second-order valence-electron chi connectivity index (χ2n) is 5.69. The fourth-order valence-corrected chi connectivity index (χ4v) is 2.45. The molecular formula is C18H17F2N5O. The first kappa shape index (κ1) is 17.5. The highest BCUT2D eigenvalue weighted by Gasteiger charge is 2.14. The molecule has 134 valence electrons. The van der Waals surface area contributed by atoms with Gasteiger partial charge in [0.05, 0.1) is 6.04 Å². The van der Waals surface area contributed by atoms with Gasteiger partial charge in [-0.2, -0.15) is 5.10 Å². The number of halogens is 2. The average molecular weight is 357 g/mol. The molecule has 6 nitrogen and oxygen atoms in total. The minimum atomic E-state index is -0.678. The summed E-state index contributed by atoms with van der Waals surface area (Å²) in [5.41, 5.74) is 0.912. The molecule has 2 heterocycles. The number of aromatic nitrogens is 3. The summed E-state index contributed by atoms with van der Waals surface area (Å²) in [6.45, 7) is 1.83. The Morgan fingerprint density at radius 3 is 2.85 bits per heavy atom. The molecule has 0 radical (unpaired) electrons. The topological polar surface area (TPSA) is 71.8 Å². The van der Waals surface area contributed by atoms with E-state index in [4.69, 9.17) is 0 Å². The molecule has 0 aliphatic carbocycles. The lowest BCUT2D eigenvalue weighted by Gasteiger charge is -2.16. The van der Waals surface area contributed by atoms with E-state index in [1.165, 1.54) is 0 Å². The Morgan fingerprint density at radius 2 is 2.08 bits per heavy atom. The Morgan fingerprint density at radius 1 is 1.23 bits per heavy atom. The van der Waals surface area contributed by atoms with Crippen LogP contribution in [0.2, 0.25) is 0 Å². The van der Waals surface area contributed by atoms with Gasteiger partial charge in [-0.05, 0) is 48.9 Å². The first-order chi connectivity index (χ1) is 12.5. The molecule has 0 aliphatic heterocycles. The van der Waals surface area contributed by atoms with Gasteiger partial charge in [-0.15, -0.1) is 0 Å². The molecule has 0 fully saturated rings. The monoisotopic (exact) mass is 357 g/mol. The summed E-state index contributed by atoms with van der Waals surface area (Å²) in [4.78, 5) is 16.2. The number of rotatable bonds is 5. The van der Waals surface area contributed by atoms with Gasteiger partial charge in [0.25, 0.3) is 0 Å². The van der Waals surface area contributed by atoms with E-state index in [1.807, 2.05) is 0 Å². The zero-order chi connectivity index (χ0) is 18.5. The molecule has 3 rings (SSSR count). The first-order valence-corrected chi connectivity index (χ1v) is 7.97. The van der Waals surface area contributed by atoms with E-state index in [1.54, 1.807) is 48.4 Å². The van der Waals surface area contributed by atoms with Crippen LogP contribution in [0.25, 0.3) is 5.82 Å². The average Bonchev–Trinajstić information content (AvgIpc) is 3.17. The fraction of sp³-hybridized carbons (Fsp3) is 0.167. The zero-order valence-corrected chi connectivity index (χ0v) is 14.0. The van der Waals surface area contributed by atoms with E-state index >= 15 is 0 Å². The van der Waals surface area contributed by atoms with Crippen LogP contribution in [0.3, 0.4) is 0 Å². The van der Waals surface area contributed by atoms with E-state index in [9.17, 15) is 13.6 Å². The fourth-order valence-electron chi connectivity index (χ4n) is 2.45. The van der Waals surface area contributed by atoms with Crippen molar-refractivity contribution in [3.8, 4) is 5.82 Å². The van der Waals surface area contributed by atoms with Crippen molar-refractivity contribution < 1.29 is 13.6 Å². The Labute approximate surface area is 148 Å². The molecule has 3 aromatic rings. The highest BCUT2D eigenvalue weighted by Crippen LogP contribution is 2.17. The van der Waals surface area contributed by atoms with E-state index < -0.39 is 23.7 Å². The maximum absolute atomic E-state index is 13.7. The molecule has 8 heteroatoms. The van der Waals surface area contributed by atoms with E-state index in [-0.39, 0.29) is 12.1 Å². The third-order valence-electron chi connectivity index (χ3n) is 3.77. The van der Waals surface area contributed by atoms with Crippen molar-refractivity contribution in [1.29, 1.82) is 0 Å². The number of hydrogen-bond donors (Lipinski definition) is 2. The minimum absolute atomic E-state index is 0.0880. The molecule has 1 aromatic carbocycles. The highest BCUT2D eigenvalue weighted by atomic mass is 19.1. The quantitative estimate of drug-likeness (QED) is 0.737. The number of urea groups is 1. The summed E-state index contributed by atoms with van der Waals surface area (Å²) in [6, 6.07) is 7.32. The summed E-state index contributed by atoms with van der Waals surface area (Å²) >= 11 is 0. The molecule has 0 saturated carbocycles. The van der Waals surface area contributed by atoms with Crippen molar-refractivity contribution in [3.05, 3.63) is 77.8 Å². The summed E-state index contributed by atoms with van der Waals surface area (Å²) in [7, 11) is 0. The van der Waals surface area contributed by atoms with Crippen molar-refractivity contribution in [3.63, 3.8) is 0 Å². The molecule has 0 bridgehead atoms. The molecule has 0 spiro atoms. The number of nitrogens with one attached hydrogen (secondary N) is 2. The number of nitrogens with zero attached hydrogens (tertiary/aromatic N) is 3. The van der Waals surface area contributed by atoms with Crippen molar-refractivity contribution in [2.75, 3.05) is 0 Å². The van der Waals surface area contributed by atoms with Gasteiger partial charge in [-0.25, -0.2) is 23.2 Å². The van der Waals surface area contributed by atoms with Crippen LogP contribution in [0.15, 0.2) is 55.0 Å². The van der Waals surface area contributed by atoms with Crippen LogP contribution in [0.5, 0.6) is 0 Å². The molecule has 26 heavy (non-hydrogen) atoms. The molecule has 1 atom stereocenters. The smallest absolute Gasteiger partial charge is 0.315 e. The van der Waals surface area contributed by atoms with Gasteiger partial charge in [0.1, 0.15) is 11.6 Å². The zero-order valence-electron chi connectivity index (χ0n) is 14.0. The van der Waals surface area contributed by atoms with Crippen LogP contribution in [-0.4, -0.2) is 20.8 Å². The van der Waals surface area contributed by atoms with Gasteiger partial charge in [0, 0.05) is 30.7 Å². The van der Waals surface area contributed by atoms with Gasteiger partial charge in [0.2, 0.25) is 0 Å². The summed E-state index contributed by atoms with van der Waals surface area (Å²) in [6.07, 6.45) is 5.03. The van der Waals surface area contributed by atoms with Crippen LogP contribution >= 0.6 is 0 Å². The summed E-state index contributed by atoms with van der Waals surface area (Å²) < 4.78 is 28.6. The minimum Gasteiger partial charge on any atom is -0.334 e. The van der Waals surface area contributed by atoms with Crippen molar-refractivity contribution in [1.82, 2.24) is 25.4 Å². The van der Waals surface area contributed by atoms with Gasteiger partial charge in [-0.3, -0.25) is 0 Å². The number of pyridine rings is 1. The van der Waals surface area contributed by atoms with Crippen LogP contribution in [-0.2, 0) is 6.54 Å². The molecule has 0 aliphatic rings. The molecule has 0 saturated heterocycles. The predicted octanol–water partition coefficient (Wildman–Crippen LogP) is 3.11.